The molecule has 2 N–H and O–H groups in total. The zero-order valence-electron chi connectivity index (χ0n) is 51.5. The van der Waals surface area contributed by atoms with Crippen LogP contribution in [0.1, 0.15) is 99.8 Å². The van der Waals surface area contributed by atoms with Crippen LogP contribution in [0.15, 0.2) is 185 Å². The van der Waals surface area contributed by atoms with Crippen molar-refractivity contribution in [2.45, 2.75) is 146 Å². The number of aliphatic hydroxyl groups is 1. The number of aryl methyl sites for hydroxylation is 4. The first-order valence-electron chi connectivity index (χ1n) is 30.5. The monoisotopic (exact) mass is 1240 g/mol. The maximum atomic E-state index is 12.9. The van der Waals surface area contributed by atoms with Gasteiger partial charge in [0.25, 0.3) is 0 Å². The van der Waals surface area contributed by atoms with Crippen molar-refractivity contribution in [3.63, 3.8) is 0 Å². The highest BCUT2D eigenvalue weighted by Crippen LogP contribution is 2.56. The molecule has 0 aromatic heterocycles. The molecule has 12 nitrogen and oxygen atoms in total. The molecule has 0 saturated heterocycles. The molecule has 8 aliphatic rings. The number of rotatable bonds is 18. The number of nitrogens with zero attached hydrogens (tertiary/aromatic N) is 3. The minimum Gasteiger partial charge on any atom is -0.481 e. The molecule has 0 amide bonds. The number of halogens is 1. The molecule has 4 unspecified atom stereocenters. The smallest absolute Gasteiger partial charge is 0.344 e. The van der Waals surface area contributed by atoms with Gasteiger partial charge in [0, 0.05) is 54.5 Å². The molecule has 8 fully saturated rings. The van der Waals surface area contributed by atoms with Crippen molar-refractivity contribution in [1.82, 2.24) is 4.90 Å². The lowest BCUT2D eigenvalue weighted by molar-refractivity contribution is -0.190. The van der Waals surface area contributed by atoms with Crippen molar-refractivity contribution in [1.29, 1.82) is 0 Å². The lowest BCUT2D eigenvalue weighted by atomic mass is 9.53. The Hall–Kier alpha value is -6.51. The minimum absolute atomic E-state index is 0. The van der Waals surface area contributed by atoms with Crippen LogP contribution in [0, 0.1) is 63.2 Å². The average Bonchev–Trinajstić information content (AvgIpc) is 0.854. The molecule has 14 rings (SSSR count). The Morgan fingerprint density at radius 1 is 0.563 bits per heavy atom. The fourth-order valence-electron chi connectivity index (χ4n) is 14.2. The standard InChI is InChI=1S/C32H33O4S.C22H20O3S.C10H14O2.C8H17N3.ClH/c1-21-13-28(37(26-9-5-3-6-10-26)27-11-7-4-8-12-27)14-22(2)31(21)35-20-29(33)36-32-17-23-15-24(18-32)30(34)25(16-23)19-32;1-16-13-20(14-17(2)22(16)25-15-21(23)24)26(18-9-5-3-6-10-18)19-11-7-4-8-12-19;11-9-7-1-6-2-8(9)5-10(12,3-6)4-7;1-4-9-8-10-6-5-7-11(2)3;/h3-14,23-25H,15-20H2,1-2H3;3-14H,15H2,1-2H3;6-8,12H,1-5H2;4-7H2,1-3H3;1H/q+1;;;;/p+1. The number of esters is 1. The van der Waals surface area contributed by atoms with E-state index >= 15 is 0 Å². The number of aliphatic imine (C=N–C) groups is 2. The van der Waals surface area contributed by atoms with E-state index in [2.05, 4.69) is 156 Å². The summed E-state index contributed by atoms with van der Waals surface area (Å²) >= 11 is 0. The number of ether oxygens (including phenoxy) is 3. The van der Waals surface area contributed by atoms with Gasteiger partial charge in [0.05, 0.1) is 39.9 Å². The SMILES string of the molecule is CCN=C=NCCCN(C)C.Cc1cc([S+](c2ccccc2)c2ccccc2)cc(C)c1OCC(=O)O.Cc1cc([S+](c2ccccc2)c2ccccc2)cc(C)c1OCC(=O)OC12CC3CC(C1)C(=O)C(C3)C2.Cl.O=C1C2CC3CC1CC(O)(C3)C2. The van der Waals surface area contributed by atoms with Gasteiger partial charge in [0.15, 0.2) is 42.6 Å². The highest BCUT2D eigenvalue weighted by Gasteiger charge is 2.57. The van der Waals surface area contributed by atoms with E-state index in [0.29, 0.717) is 42.0 Å². The molecule has 460 valence electrons. The van der Waals surface area contributed by atoms with Crippen molar-refractivity contribution >= 4 is 63.7 Å². The summed E-state index contributed by atoms with van der Waals surface area (Å²) < 4.78 is 17.6. The van der Waals surface area contributed by atoms with E-state index in [1.165, 1.54) is 29.4 Å². The van der Waals surface area contributed by atoms with Crippen molar-refractivity contribution in [2.24, 2.45) is 45.5 Å². The second-order valence-corrected chi connectivity index (χ2v) is 28.6. The van der Waals surface area contributed by atoms with Crippen molar-refractivity contribution in [3.05, 3.63) is 168 Å². The second-order valence-electron chi connectivity index (χ2n) is 24.6. The molecule has 8 saturated carbocycles. The first-order valence-corrected chi connectivity index (χ1v) is 33.0. The zero-order chi connectivity index (χ0) is 61.0. The molecule has 15 heteroatoms. The molecule has 0 heterocycles. The molecule has 8 bridgehead atoms. The normalized spacial score (nSPS) is 23.2. The number of aliphatic carboxylic acids is 1. The van der Waals surface area contributed by atoms with E-state index in [-0.39, 0.29) is 77.1 Å². The summed E-state index contributed by atoms with van der Waals surface area (Å²) in [5.41, 5.74) is 3.01. The van der Waals surface area contributed by atoms with Gasteiger partial charge < -0.3 is 29.3 Å². The van der Waals surface area contributed by atoms with Gasteiger partial charge in [0.1, 0.15) is 28.7 Å². The molecule has 6 aromatic rings. The van der Waals surface area contributed by atoms with Crippen LogP contribution in [0.4, 0.5) is 0 Å². The Kier molecular flexibility index (Phi) is 23.4. The number of Topliss-reactive ketones (excluding diaryl/α,β-unsaturated/α-hetero) is 2. The highest BCUT2D eigenvalue weighted by molar-refractivity contribution is 7.97. The summed E-state index contributed by atoms with van der Waals surface area (Å²) in [7, 11) is 3.65. The van der Waals surface area contributed by atoms with Crippen molar-refractivity contribution in [2.75, 3.05) is 46.9 Å². The Morgan fingerprint density at radius 2 is 0.943 bits per heavy atom. The Balaban J connectivity index is 0.000000169. The van der Waals surface area contributed by atoms with Crippen LogP contribution < -0.4 is 9.47 Å². The number of carbonyl (C=O) groups is 4. The summed E-state index contributed by atoms with van der Waals surface area (Å²) in [6, 6.07) is 53.2. The van der Waals surface area contributed by atoms with Gasteiger partial charge >= 0.3 is 11.9 Å². The van der Waals surface area contributed by atoms with Gasteiger partial charge in [0.2, 0.25) is 0 Å². The molecular formula is C72H86ClN3O9S2+2. The van der Waals surface area contributed by atoms with E-state index in [1.807, 2.05) is 58.9 Å². The molecule has 0 aliphatic heterocycles. The predicted octanol–water partition coefficient (Wildman–Crippen LogP) is 14.0. The maximum Gasteiger partial charge on any atom is 0.344 e. The quantitative estimate of drug-likeness (QED) is 0.0366. The van der Waals surface area contributed by atoms with Crippen molar-refractivity contribution < 1.29 is 43.6 Å². The third-order valence-corrected chi connectivity index (χ3v) is 21.7. The molecule has 6 aromatic carbocycles. The fourth-order valence-corrected chi connectivity index (χ4v) is 18.8. The van der Waals surface area contributed by atoms with E-state index in [4.69, 9.17) is 19.3 Å². The van der Waals surface area contributed by atoms with Crippen molar-refractivity contribution in [3.8, 4) is 11.5 Å². The van der Waals surface area contributed by atoms with Gasteiger partial charge in [-0.1, -0.05) is 72.8 Å². The molecule has 0 spiro atoms. The number of ketones is 2. The van der Waals surface area contributed by atoms with Gasteiger partial charge in [-0.05, 0) is 209 Å². The predicted molar refractivity (Wildman–Crippen MR) is 347 cm³/mol. The third-order valence-electron chi connectivity index (χ3n) is 17.3. The van der Waals surface area contributed by atoms with E-state index < -0.39 is 17.2 Å². The molecule has 8 aliphatic carbocycles. The summed E-state index contributed by atoms with van der Waals surface area (Å²) in [5.74, 6) is 2.74. The lowest BCUT2D eigenvalue weighted by Crippen LogP contribution is -2.57. The average molecular weight is 1240 g/mol. The van der Waals surface area contributed by atoms with Crippen LogP contribution in [0.2, 0.25) is 0 Å². The number of carboxylic acids is 1. The number of benzene rings is 6. The zero-order valence-corrected chi connectivity index (χ0v) is 53.9. The van der Waals surface area contributed by atoms with E-state index in [1.54, 1.807) is 0 Å². The minimum atomic E-state index is -0.971. The van der Waals surface area contributed by atoms with Crippen LogP contribution in [-0.2, 0) is 45.7 Å². The first-order chi connectivity index (χ1) is 41.4. The van der Waals surface area contributed by atoms with Gasteiger partial charge in [-0.3, -0.25) is 9.59 Å². The summed E-state index contributed by atoms with van der Waals surface area (Å²) in [6.45, 7) is 12.2. The molecule has 87 heavy (non-hydrogen) atoms. The van der Waals surface area contributed by atoms with Gasteiger partial charge in [-0.25, -0.2) is 19.6 Å². The molecule has 4 atom stereocenters. The highest BCUT2D eigenvalue weighted by atomic mass is 35.5. The number of hydrogen-bond donors (Lipinski definition) is 2. The van der Waals surface area contributed by atoms with E-state index in [9.17, 15) is 24.3 Å². The third kappa shape index (κ3) is 17.2. The number of hydrogen-bond acceptors (Lipinski definition) is 11. The number of carbonyl (C=O) groups excluding carboxylic acids is 3. The van der Waals surface area contributed by atoms with Crippen LogP contribution in [-0.4, -0.2) is 103 Å². The Labute approximate surface area is 526 Å². The molecule has 0 radical (unpaired) electrons. The summed E-state index contributed by atoms with van der Waals surface area (Å²) in [6.07, 6.45) is 9.94. The Bertz CT molecular complexity index is 3200. The van der Waals surface area contributed by atoms with Crippen LogP contribution in [0.25, 0.3) is 0 Å². The topological polar surface area (TPSA) is 164 Å². The summed E-state index contributed by atoms with van der Waals surface area (Å²) in [4.78, 5) is 65.3. The first kappa shape index (κ1) is 66.4. The molecular weight excluding hydrogens is 1150 g/mol. The number of carboxylic acid groups (broad SMARTS) is 1. The van der Waals surface area contributed by atoms with E-state index in [0.717, 1.165) is 105 Å². The van der Waals surface area contributed by atoms with Gasteiger partial charge in [-0.2, -0.15) is 0 Å². The summed E-state index contributed by atoms with van der Waals surface area (Å²) in [5, 5.41) is 18.9. The van der Waals surface area contributed by atoms with Crippen LogP contribution >= 0.6 is 12.4 Å². The van der Waals surface area contributed by atoms with Crippen LogP contribution in [0.3, 0.4) is 0 Å². The van der Waals surface area contributed by atoms with Crippen LogP contribution in [0.5, 0.6) is 11.5 Å². The maximum absolute atomic E-state index is 12.9. The Morgan fingerprint density at radius 3 is 1.31 bits per heavy atom. The fraction of sp³-hybridized carbons (Fsp3) is 0.431. The largest absolute Gasteiger partial charge is 0.481 e. The van der Waals surface area contributed by atoms with Gasteiger partial charge in [-0.15, -0.1) is 12.4 Å². The lowest BCUT2D eigenvalue weighted by Gasteiger charge is -2.54. The second kappa shape index (κ2) is 30.6.